The van der Waals surface area contributed by atoms with Gasteiger partial charge in [0.15, 0.2) is 0 Å². The Kier molecular flexibility index (Phi) is 2.98. The van der Waals surface area contributed by atoms with Gasteiger partial charge in [0.2, 0.25) is 5.60 Å². The fourth-order valence-corrected chi connectivity index (χ4v) is 2.24. The SMILES string of the molecule is O=C1Nc2ccc(Cl)cc2C1(O)C#Cc1ccccc1. The molecule has 3 rings (SSSR count). The lowest BCUT2D eigenvalue weighted by molar-refractivity contribution is -0.128. The van der Waals surface area contributed by atoms with Crippen LogP contribution in [0.15, 0.2) is 48.5 Å². The lowest BCUT2D eigenvalue weighted by Crippen LogP contribution is -2.32. The van der Waals surface area contributed by atoms with Crippen LogP contribution >= 0.6 is 11.6 Å². The molecule has 2 aromatic carbocycles. The van der Waals surface area contributed by atoms with Crippen LogP contribution in [0, 0.1) is 11.8 Å². The summed E-state index contributed by atoms with van der Waals surface area (Å²) in [6.45, 7) is 0. The monoisotopic (exact) mass is 283 g/mol. The lowest BCUT2D eigenvalue weighted by atomic mass is 9.95. The first-order valence-corrected chi connectivity index (χ1v) is 6.39. The number of carbonyl (C=O) groups excluding carboxylic acids is 1. The molecule has 98 valence electrons. The Morgan fingerprint density at radius 3 is 2.65 bits per heavy atom. The standard InChI is InChI=1S/C16H10ClNO2/c17-12-6-7-14-13(10-12)16(20,15(19)18-14)9-8-11-4-2-1-3-5-11/h1-7,10,20H,(H,18,19). The number of amides is 1. The van der Waals surface area contributed by atoms with Crippen LogP contribution in [0.3, 0.4) is 0 Å². The van der Waals surface area contributed by atoms with E-state index in [-0.39, 0.29) is 0 Å². The smallest absolute Gasteiger partial charge is 0.274 e. The Morgan fingerprint density at radius 2 is 1.90 bits per heavy atom. The molecule has 1 aliphatic rings. The van der Waals surface area contributed by atoms with Gasteiger partial charge in [-0.3, -0.25) is 4.79 Å². The molecule has 0 radical (unpaired) electrons. The second kappa shape index (κ2) is 4.68. The quantitative estimate of drug-likeness (QED) is 0.730. The van der Waals surface area contributed by atoms with E-state index >= 15 is 0 Å². The average molecular weight is 284 g/mol. The van der Waals surface area contributed by atoms with Gasteiger partial charge in [0, 0.05) is 21.8 Å². The molecule has 1 heterocycles. The van der Waals surface area contributed by atoms with Crippen molar-refractivity contribution in [1.29, 1.82) is 0 Å². The minimum atomic E-state index is -1.87. The van der Waals surface area contributed by atoms with E-state index in [9.17, 15) is 9.90 Å². The maximum Gasteiger partial charge on any atom is 0.274 e. The number of aliphatic hydroxyl groups is 1. The summed E-state index contributed by atoms with van der Waals surface area (Å²) in [7, 11) is 0. The number of fused-ring (bicyclic) bond motifs is 1. The number of anilines is 1. The zero-order valence-corrected chi connectivity index (χ0v) is 11.1. The summed E-state index contributed by atoms with van der Waals surface area (Å²) in [6.07, 6.45) is 0. The molecule has 2 N–H and O–H groups in total. The first-order valence-electron chi connectivity index (χ1n) is 6.02. The van der Waals surface area contributed by atoms with E-state index < -0.39 is 11.5 Å². The summed E-state index contributed by atoms with van der Waals surface area (Å²) < 4.78 is 0. The first kappa shape index (κ1) is 12.7. The van der Waals surface area contributed by atoms with Crippen molar-refractivity contribution in [3.8, 4) is 11.8 Å². The molecule has 0 aliphatic carbocycles. The molecule has 2 aromatic rings. The number of hydrogen-bond donors (Lipinski definition) is 2. The van der Waals surface area contributed by atoms with Gasteiger partial charge in [-0.15, -0.1) is 0 Å². The van der Waals surface area contributed by atoms with Crippen molar-refractivity contribution in [2.75, 3.05) is 5.32 Å². The van der Waals surface area contributed by atoms with Gasteiger partial charge in [0.1, 0.15) is 0 Å². The second-order valence-corrected chi connectivity index (χ2v) is 4.91. The second-order valence-electron chi connectivity index (χ2n) is 4.47. The van der Waals surface area contributed by atoms with E-state index in [0.29, 0.717) is 16.3 Å². The first-order chi connectivity index (χ1) is 9.59. The Labute approximate surface area is 121 Å². The van der Waals surface area contributed by atoms with Gasteiger partial charge in [-0.1, -0.05) is 35.7 Å². The minimum Gasteiger partial charge on any atom is -0.366 e. The minimum absolute atomic E-state index is 0.387. The highest BCUT2D eigenvalue weighted by atomic mass is 35.5. The molecule has 0 spiro atoms. The third-order valence-corrected chi connectivity index (χ3v) is 3.34. The summed E-state index contributed by atoms with van der Waals surface area (Å²) in [6, 6.07) is 14.0. The van der Waals surface area contributed by atoms with E-state index in [1.165, 1.54) is 0 Å². The molecule has 3 nitrogen and oxygen atoms in total. The molecular formula is C16H10ClNO2. The Hall–Kier alpha value is -2.28. The zero-order chi connectivity index (χ0) is 14.2. The fourth-order valence-electron chi connectivity index (χ4n) is 2.07. The lowest BCUT2D eigenvalue weighted by Gasteiger charge is -2.13. The third kappa shape index (κ3) is 2.05. The molecule has 1 unspecified atom stereocenters. The normalized spacial score (nSPS) is 19.8. The maximum absolute atomic E-state index is 12.0. The van der Waals surface area contributed by atoms with E-state index in [4.69, 9.17) is 11.6 Å². The van der Waals surface area contributed by atoms with Gasteiger partial charge in [0.05, 0.1) is 0 Å². The highest BCUT2D eigenvalue weighted by molar-refractivity contribution is 6.31. The molecular weight excluding hydrogens is 274 g/mol. The van der Waals surface area contributed by atoms with Crippen molar-refractivity contribution in [3.05, 3.63) is 64.7 Å². The van der Waals surface area contributed by atoms with Crippen molar-refractivity contribution in [2.45, 2.75) is 5.60 Å². The van der Waals surface area contributed by atoms with Crippen molar-refractivity contribution in [3.63, 3.8) is 0 Å². The van der Waals surface area contributed by atoms with Crippen LogP contribution in [-0.4, -0.2) is 11.0 Å². The van der Waals surface area contributed by atoms with Gasteiger partial charge in [-0.05, 0) is 36.3 Å². The van der Waals surface area contributed by atoms with Gasteiger partial charge in [0.25, 0.3) is 5.91 Å². The number of carbonyl (C=O) groups is 1. The van der Waals surface area contributed by atoms with Crippen LogP contribution in [0.2, 0.25) is 5.02 Å². The predicted octanol–water partition coefficient (Wildman–Crippen LogP) is 2.53. The molecule has 1 aliphatic heterocycles. The van der Waals surface area contributed by atoms with Crippen molar-refractivity contribution >= 4 is 23.2 Å². The Bertz CT molecular complexity index is 746. The fraction of sp³-hybridized carbons (Fsp3) is 0.0625. The number of hydrogen-bond acceptors (Lipinski definition) is 2. The van der Waals surface area contributed by atoms with E-state index in [0.717, 1.165) is 5.56 Å². The van der Waals surface area contributed by atoms with Crippen molar-refractivity contribution in [1.82, 2.24) is 0 Å². The number of rotatable bonds is 0. The highest BCUT2D eigenvalue weighted by Crippen LogP contribution is 2.37. The largest absolute Gasteiger partial charge is 0.366 e. The van der Waals surface area contributed by atoms with Gasteiger partial charge < -0.3 is 10.4 Å². The highest BCUT2D eigenvalue weighted by Gasteiger charge is 2.44. The molecule has 1 amide bonds. The van der Waals surface area contributed by atoms with Crippen molar-refractivity contribution < 1.29 is 9.90 Å². The van der Waals surface area contributed by atoms with Gasteiger partial charge in [-0.25, -0.2) is 0 Å². The molecule has 20 heavy (non-hydrogen) atoms. The summed E-state index contributed by atoms with van der Waals surface area (Å²) in [4.78, 5) is 12.0. The summed E-state index contributed by atoms with van der Waals surface area (Å²) >= 11 is 5.92. The van der Waals surface area contributed by atoms with E-state index in [1.54, 1.807) is 18.2 Å². The topological polar surface area (TPSA) is 49.3 Å². The van der Waals surface area contributed by atoms with E-state index in [1.807, 2.05) is 30.3 Å². The van der Waals surface area contributed by atoms with Gasteiger partial charge >= 0.3 is 0 Å². The molecule has 0 bridgehead atoms. The van der Waals surface area contributed by atoms with E-state index in [2.05, 4.69) is 17.2 Å². The van der Waals surface area contributed by atoms with Crippen LogP contribution < -0.4 is 5.32 Å². The number of nitrogens with one attached hydrogen (secondary N) is 1. The van der Waals surface area contributed by atoms with Gasteiger partial charge in [-0.2, -0.15) is 0 Å². The van der Waals surface area contributed by atoms with Crippen LogP contribution in [0.1, 0.15) is 11.1 Å². The van der Waals surface area contributed by atoms with Crippen LogP contribution in [0.5, 0.6) is 0 Å². The van der Waals surface area contributed by atoms with Crippen molar-refractivity contribution in [2.24, 2.45) is 0 Å². The number of halogens is 1. The van der Waals surface area contributed by atoms with Crippen LogP contribution in [0.4, 0.5) is 5.69 Å². The Balaban J connectivity index is 2.07. The molecule has 0 aromatic heterocycles. The molecule has 0 saturated carbocycles. The molecule has 0 saturated heterocycles. The predicted molar refractivity (Wildman–Crippen MR) is 77.3 cm³/mol. The molecule has 1 atom stereocenters. The zero-order valence-electron chi connectivity index (χ0n) is 10.4. The van der Waals surface area contributed by atoms with Crippen LogP contribution in [-0.2, 0) is 10.4 Å². The molecule has 4 heteroatoms. The summed E-state index contributed by atoms with van der Waals surface area (Å²) in [5.41, 5.74) is -0.220. The summed E-state index contributed by atoms with van der Waals surface area (Å²) in [5, 5.41) is 13.6. The average Bonchev–Trinajstić information content (AvgIpc) is 2.71. The molecule has 0 fully saturated rings. The number of benzene rings is 2. The third-order valence-electron chi connectivity index (χ3n) is 3.11. The Morgan fingerprint density at radius 1 is 1.15 bits per heavy atom. The van der Waals surface area contributed by atoms with Crippen LogP contribution in [0.25, 0.3) is 0 Å². The maximum atomic E-state index is 12.0. The summed E-state index contributed by atoms with van der Waals surface area (Å²) in [5.74, 6) is 4.90.